The van der Waals surface area contributed by atoms with Crippen molar-refractivity contribution >= 4 is 11.6 Å². The topological polar surface area (TPSA) is 42.0 Å². The van der Waals surface area contributed by atoms with E-state index in [0.29, 0.717) is 5.92 Å². The predicted molar refractivity (Wildman–Crippen MR) is 144 cm³/mol. The Balaban J connectivity index is 1.27. The Bertz CT molecular complexity index is 1010. The second kappa shape index (κ2) is 10.9. The first-order chi connectivity index (χ1) is 17.5. The highest BCUT2D eigenvalue weighted by Gasteiger charge is 2.46. The minimum Gasteiger partial charge on any atom is -0.378 e. The Morgan fingerprint density at radius 2 is 1.94 bits per heavy atom. The zero-order valence-corrected chi connectivity index (χ0v) is 22.2. The molecule has 4 atom stereocenters. The van der Waals surface area contributed by atoms with Gasteiger partial charge in [0, 0.05) is 51.8 Å². The number of carbonyl (C=O) groups excluding carboxylic acids is 1. The first-order valence-corrected chi connectivity index (χ1v) is 13.9. The van der Waals surface area contributed by atoms with Crippen LogP contribution < -0.4 is 0 Å². The molecule has 1 spiro atoms. The van der Waals surface area contributed by atoms with E-state index in [9.17, 15) is 4.79 Å². The minimum atomic E-state index is -0.195. The lowest BCUT2D eigenvalue weighted by molar-refractivity contribution is -0.183. The average molecular weight is 491 g/mol. The van der Waals surface area contributed by atoms with Gasteiger partial charge in [0.2, 0.25) is 5.91 Å². The normalized spacial score (nSPS) is 30.2. The Morgan fingerprint density at radius 3 is 2.67 bits per heavy atom. The first-order valence-electron chi connectivity index (χ1n) is 13.9. The third-order valence-corrected chi connectivity index (χ3v) is 8.65. The van der Waals surface area contributed by atoms with E-state index in [2.05, 4.69) is 79.3 Å². The molecule has 0 N–H and O–H groups in total. The summed E-state index contributed by atoms with van der Waals surface area (Å²) in [6, 6.07) is 10.4. The fourth-order valence-electron chi connectivity index (χ4n) is 6.55. The Labute approximate surface area is 216 Å². The number of likely N-dealkylation sites (tertiary alicyclic amines) is 1. The fraction of sp³-hybridized carbons (Fsp3) is 0.581. The van der Waals surface area contributed by atoms with E-state index in [4.69, 9.17) is 9.47 Å². The molecule has 0 radical (unpaired) electrons. The number of hydrogen-bond donors (Lipinski definition) is 0. The van der Waals surface area contributed by atoms with E-state index in [1.165, 1.54) is 11.1 Å². The Hall–Kier alpha value is -2.37. The van der Waals surface area contributed by atoms with E-state index >= 15 is 0 Å². The smallest absolute Gasteiger partial charge is 0.229 e. The van der Waals surface area contributed by atoms with Crippen LogP contribution in [0.3, 0.4) is 0 Å². The number of rotatable bonds is 5. The summed E-state index contributed by atoms with van der Waals surface area (Å²) < 4.78 is 13.1. The van der Waals surface area contributed by atoms with E-state index in [1.54, 1.807) is 0 Å². The van der Waals surface area contributed by atoms with Crippen LogP contribution in [-0.4, -0.2) is 66.8 Å². The van der Waals surface area contributed by atoms with Crippen LogP contribution in [0.1, 0.15) is 57.9 Å². The van der Waals surface area contributed by atoms with Gasteiger partial charge in [-0.3, -0.25) is 4.79 Å². The van der Waals surface area contributed by atoms with Crippen LogP contribution in [0.5, 0.6) is 0 Å². The van der Waals surface area contributed by atoms with Crippen LogP contribution in [0.25, 0.3) is 5.70 Å². The van der Waals surface area contributed by atoms with Crippen molar-refractivity contribution in [1.82, 2.24) is 9.80 Å². The van der Waals surface area contributed by atoms with Crippen LogP contribution in [0.2, 0.25) is 0 Å². The number of allylic oxidation sites excluding steroid dienone is 3. The SMILES string of the molecule is CCOC1CC(C2=CC=CCC2C)OC2(CCN(C(=O)C3C=C(c4ccccc4)N(C)CC3)CC2)C1. The molecule has 2 fully saturated rings. The highest BCUT2D eigenvalue weighted by atomic mass is 16.5. The lowest BCUT2D eigenvalue weighted by Crippen LogP contribution is -2.55. The number of benzene rings is 1. The molecule has 0 saturated carbocycles. The fourth-order valence-corrected chi connectivity index (χ4v) is 6.55. The number of nitrogens with zero attached hydrogens (tertiary/aromatic N) is 2. The quantitative estimate of drug-likeness (QED) is 0.551. The molecule has 4 aliphatic rings. The maximum atomic E-state index is 13.6. The number of ether oxygens (including phenoxy) is 2. The zero-order valence-electron chi connectivity index (χ0n) is 22.2. The van der Waals surface area contributed by atoms with Crippen molar-refractivity contribution in [2.45, 2.75) is 70.2 Å². The molecule has 194 valence electrons. The van der Waals surface area contributed by atoms with Gasteiger partial charge in [-0.05, 0) is 55.7 Å². The van der Waals surface area contributed by atoms with Crippen molar-refractivity contribution in [3.63, 3.8) is 0 Å². The molecule has 0 aromatic heterocycles. The third-order valence-electron chi connectivity index (χ3n) is 8.65. The molecule has 1 aromatic carbocycles. The molecule has 1 amide bonds. The molecule has 3 heterocycles. The van der Waals surface area contributed by atoms with Crippen LogP contribution in [-0.2, 0) is 14.3 Å². The number of piperidine rings is 1. The van der Waals surface area contributed by atoms with Gasteiger partial charge in [-0.1, -0.05) is 55.5 Å². The molecule has 3 aliphatic heterocycles. The highest BCUT2D eigenvalue weighted by Crippen LogP contribution is 2.43. The number of carbonyl (C=O) groups is 1. The summed E-state index contributed by atoms with van der Waals surface area (Å²) in [5.74, 6) is 0.727. The molecule has 5 rings (SSSR count). The third kappa shape index (κ3) is 5.33. The van der Waals surface area contributed by atoms with Crippen LogP contribution in [0, 0.1) is 11.8 Å². The average Bonchev–Trinajstić information content (AvgIpc) is 2.90. The predicted octanol–water partition coefficient (Wildman–Crippen LogP) is 5.45. The van der Waals surface area contributed by atoms with E-state index in [-0.39, 0.29) is 29.6 Å². The second-order valence-corrected chi connectivity index (χ2v) is 11.1. The van der Waals surface area contributed by atoms with Gasteiger partial charge < -0.3 is 19.3 Å². The van der Waals surface area contributed by atoms with Crippen molar-refractivity contribution < 1.29 is 14.3 Å². The minimum absolute atomic E-state index is 0.0540. The summed E-state index contributed by atoms with van der Waals surface area (Å²) in [5, 5.41) is 0. The standard InChI is InChI=1S/C31H42N2O3/c1-4-35-26-21-29(27-13-9-8-10-23(27)2)36-31(22-26)15-18-33(19-16-31)30(34)25-14-17-32(3)28(20-25)24-11-6-5-7-12-24/h5-9,11-13,20,23,25-26,29H,4,10,14-19,21-22H2,1-3H3. The first kappa shape index (κ1) is 25.3. The van der Waals surface area contributed by atoms with Gasteiger partial charge in [-0.2, -0.15) is 0 Å². The van der Waals surface area contributed by atoms with Gasteiger partial charge in [-0.25, -0.2) is 0 Å². The summed E-state index contributed by atoms with van der Waals surface area (Å²) >= 11 is 0. The highest BCUT2D eigenvalue weighted by molar-refractivity contribution is 5.83. The van der Waals surface area contributed by atoms with E-state index in [0.717, 1.165) is 70.5 Å². The van der Waals surface area contributed by atoms with Gasteiger partial charge in [0.1, 0.15) is 0 Å². The van der Waals surface area contributed by atoms with E-state index < -0.39 is 0 Å². The Kier molecular flexibility index (Phi) is 7.68. The van der Waals surface area contributed by atoms with E-state index in [1.807, 2.05) is 6.07 Å². The zero-order chi connectivity index (χ0) is 25.1. The Morgan fingerprint density at radius 1 is 1.17 bits per heavy atom. The van der Waals surface area contributed by atoms with Gasteiger partial charge in [0.25, 0.3) is 0 Å². The van der Waals surface area contributed by atoms with Crippen molar-refractivity contribution in [3.05, 3.63) is 65.8 Å². The van der Waals surface area contributed by atoms with Crippen molar-refractivity contribution in [2.75, 3.05) is 33.3 Å². The lowest BCUT2D eigenvalue weighted by atomic mass is 9.78. The monoisotopic (exact) mass is 490 g/mol. The molecule has 4 unspecified atom stereocenters. The summed E-state index contributed by atoms with van der Waals surface area (Å²) in [5.41, 5.74) is 3.55. The second-order valence-electron chi connectivity index (χ2n) is 11.1. The number of hydrogen-bond acceptors (Lipinski definition) is 4. The lowest BCUT2D eigenvalue weighted by Gasteiger charge is -2.50. The molecule has 36 heavy (non-hydrogen) atoms. The summed E-state index contributed by atoms with van der Waals surface area (Å²) in [4.78, 5) is 18.0. The molecule has 1 aromatic rings. The largest absolute Gasteiger partial charge is 0.378 e. The van der Waals surface area contributed by atoms with Crippen LogP contribution >= 0.6 is 0 Å². The molecule has 5 heteroatoms. The van der Waals surface area contributed by atoms with Crippen molar-refractivity contribution in [2.24, 2.45) is 11.8 Å². The summed E-state index contributed by atoms with van der Waals surface area (Å²) in [7, 11) is 2.12. The summed E-state index contributed by atoms with van der Waals surface area (Å²) in [6.45, 7) is 7.55. The van der Waals surface area contributed by atoms with Crippen molar-refractivity contribution in [3.8, 4) is 0 Å². The molecule has 2 saturated heterocycles. The molecule has 0 bridgehead atoms. The van der Waals surface area contributed by atoms with Crippen LogP contribution in [0.4, 0.5) is 0 Å². The van der Waals surface area contributed by atoms with Gasteiger partial charge in [0.05, 0.1) is 23.7 Å². The maximum absolute atomic E-state index is 13.6. The molecule has 1 aliphatic carbocycles. The maximum Gasteiger partial charge on any atom is 0.229 e. The number of amides is 1. The molecular weight excluding hydrogens is 448 g/mol. The summed E-state index contributed by atoms with van der Waals surface area (Å²) in [6.07, 6.45) is 14.8. The van der Waals surface area contributed by atoms with Crippen LogP contribution in [0.15, 0.2) is 60.2 Å². The van der Waals surface area contributed by atoms with Gasteiger partial charge >= 0.3 is 0 Å². The molecule has 5 nitrogen and oxygen atoms in total. The van der Waals surface area contributed by atoms with Crippen molar-refractivity contribution in [1.29, 1.82) is 0 Å². The van der Waals surface area contributed by atoms with Gasteiger partial charge in [-0.15, -0.1) is 0 Å². The molecular formula is C31H42N2O3. The van der Waals surface area contributed by atoms with Gasteiger partial charge in [0.15, 0.2) is 0 Å².